The van der Waals surface area contributed by atoms with Gasteiger partial charge in [-0.25, -0.2) is 0 Å². The number of hydrogen-bond acceptors (Lipinski definition) is 6. The predicted octanol–water partition coefficient (Wildman–Crippen LogP) is 2.29. The van der Waals surface area contributed by atoms with Gasteiger partial charge in [-0.2, -0.15) is 0 Å². The number of hydrogen-bond donors (Lipinski definition) is 1. The molecule has 3 heterocycles. The average molecular weight is 465 g/mol. The molecular formula is C25H40N2O6. The molecule has 3 aliphatic heterocycles. The fourth-order valence-electron chi connectivity index (χ4n) is 5.90. The van der Waals surface area contributed by atoms with Crippen molar-refractivity contribution < 1.29 is 29.0 Å². The molecule has 3 aliphatic rings. The number of rotatable bonds is 14. The van der Waals surface area contributed by atoms with Crippen LogP contribution in [0.2, 0.25) is 0 Å². The Balaban J connectivity index is 1.90. The summed E-state index contributed by atoms with van der Waals surface area (Å²) < 4.78 is 11.7. The molecule has 186 valence electrons. The van der Waals surface area contributed by atoms with E-state index >= 15 is 0 Å². The summed E-state index contributed by atoms with van der Waals surface area (Å²) in [6.07, 6.45) is 7.61. The molecule has 1 spiro atoms. The largest absolute Gasteiger partial charge is 0.466 e. The van der Waals surface area contributed by atoms with E-state index in [0.717, 1.165) is 38.5 Å². The number of fused-ring (bicyclic) bond motifs is 1. The lowest BCUT2D eigenvalue weighted by molar-refractivity contribution is -0.155. The number of likely N-dealkylation sites (tertiary alicyclic amines) is 1. The van der Waals surface area contributed by atoms with Gasteiger partial charge in [0.25, 0.3) is 0 Å². The molecule has 3 fully saturated rings. The molecule has 1 N–H and O–H groups in total. The van der Waals surface area contributed by atoms with Crippen LogP contribution in [0.1, 0.15) is 65.2 Å². The maximum atomic E-state index is 13.9. The van der Waals surface area contributed by atoms with Crippen LogP contribution in [0.15, 0.2) is 12.7 Å². The van der Waals surface area contributed by atoms with Crippen LogP contribution >= 0.6 is 0 Å². The van der Waals surface area contributed by atoms with Gasteiger partial charge in [-0.05, 0) is 39.0 Å². The molecule has 2 amide bonds. The highest BCUT2D eigenvalue weighted by Gasteiger charge is 2.74. The summed E-state index contributed by atoms with van der Waals surface area (Å²) in [4.78, 5) is 43.9. The number of amides is 2. The molecule has 0 radical (unpaired) electrons. The van der Waals surface area contributed by atoms with E-state index in [1.165, 1.54) is 0 Å². The van der Waals surface area contributed by atoms with Crippen LogP contribution in [0, 0.1) is 11.8 Å². The summed E-state index contributed by atoms with van der Waals surface area (Å²) in [5.41, 5.74) is -0.965. The highest BCUT2D eigenvalue weighted by Crippen LogP contribution is 2.58. The third-order valence-electron chi connectivity index (χ3n) is 7.34. The second-order valence-electron chi connectivity index (χ2n) is 9.40. The summed E-state index contributed by atoms with van der Waals surface area (Å²) in [6, 6.07) is -0.728. The molecule has 0 aromatic carbocycles. The van der Waals surface area contributed by atoms with Gasteiger partial charge in [0.15, 0.2) is 0 Å². The fraction of sp³-hybridized carbons (Fsp3) is 0.800. The minimum Gasteiger partial charge on any atom is -0.466 e. The van der Waals surface area contributed by atoms with Crippen molar-refractivity contribution in [2.75, 3.05) is 32.8 Å². The van der Waals surface area contributed by atoms with Crippen molar-refractivity contribution in [3.63, 3.8) is 0 Å². The van der Waals surface area contributed by atoms with Crippen LogP contribution in [0.25, 0.3) is 0 Å². The van der Waals surface area contributed by atoms with Crippen LogP contribution in [0.3, 0.4) is 0 Å². The molecule has 33 heavy (non-hydrogen) atoms. The van der Waals surface area contributed by atoms with E-state index in [1.54, 1.807) is 22.8 Å². The number of nitrogens with zero attached hydrogens (tertiary/aromatic N) is 2. The third kappa shape index (κ3) is 4.83. The lowest BCUT2D eigenvalue weighted by Gasteiger charge is -2.36. The number of carbonyl (C=O) groups is 3. The number of esters is 1. The Morgan fingerprint density at radius 2 is 2.03 bits per heavy atom. The van der Waals surface area contributed by atoms with Gasteiger partial charge in [0.1, 0.15) is 11.6 Å². The monoisotopic (exact) mass is 464 g/mol. The van der Waals surface area contributed by atoms with Gasteiger partial charge >= 0.3 is 5.97 Å². The lowest BCUT2D eigenvalue weighted by Crippen LogP contribution is -2.56. The van der Waals surface area contributed by atoms with Crippen LogP contribution in [0.5, 0.6) is 0 Å². The third-order valence-corrected chi connectivity index (χ3v) is 7.34. The molecular weight excluding hydrogens is 424 g/mol. The molecule has 8 nitrogen and oxygen atoms in total. The summed E-state index contributed by atoms with van der Waals surface area (Å²) in [7, 11) is 0. The molecule has 2 unspecified atom stereocenters. The lowest BCUT2D eigenvalue weighted by atomic mass is 9.70. The van der Waals surface area contributed by atoms with E-state index in [4.69, 9.17) is 14.6 Å². The van der Waals surface area contributed by atoms with Crippen molar-refractivity contribution in [1.82, 2.24) is 9.80 Å². The Hall–Kier alpha value is -1.93. The Kier molecular flexibility index (Phi) is 8.93. The van der Waals surface area contributed by atoms with Gasteiger partial charge in [0.05, 0.1) is 24.5 Å². The molecule has 2 bridgehead atoms. The first kappa shape index (κ1) is 25.7. The first-order valence-electron chi connectivity index (χ1n) is 12.6. The predicted molar refractivity (Wildman–Crippen MR) is 123 cm³/mol. The second kappa shape index (κ2) is 11.5. The SMILES string of the molecule is C=CCN(CCCC)C(=O)C1N(CCCCCCO)C(=O)[C@@H]2[C@@H](C(=O)OCC)[C@H]3CCC12O3. The zero-order valence-corrected chi connectivity index (χ0v) is 20.2. The van der Waals surface area contributed by atoms with Crippen molar-refractivity contribution in [2.45, 2.75) is 83.0 Å². The quantitative estimate of drug-likeness (QED) is 0.241. The van der Waals surface area contributed by atoms with Crippen LogP contribution in [-0.2, 0) is 23.9 Å². The summed E-state index contributed by atoms with van der Waals surface area (Å²) >= 11 is 0. The Morgan fingerprint density at radius 1 is 1.27 bits per heavy atom. The summed E-state index contributed by atoms with van der Waals surface area (Å²) in [6.45, 7) is 9.50. The van der Waals surface area contributed by atoms with E-state index in [2.05, 4.69) is 13.5 Å². The zero-order chi connectivity index (χ0) is 24.0. The van der Waals surface area contributed by atoms with Gasteiger partial charge in [0.2, 0.25) is 11.8 Å². The van der Waals surface area contributed by atoms with Crippen molar-refractivity contribution in [3.05, 3.63) is 12.7 Å². The van der Waals surface area contributed by atoms with Crippen LogP contribution in [-0.4, -0.2) is 83.3 Å². The van der Waals surface area contributed by atoms with Gasteiger partial charge < -0.3 is 24.4 Å². The van der Waals surface area contributed by atoms with E-state index in [-0.39, 0.29) is 31.1 Å². The molecule has 3 saturated heterocycles. The number of ether oxygens (including phenoxy) is 2. The Morgan fingerprint density at radius 3 is 2.70 bits per heavy atom. The molecule has 0 aliphatic carbocycles. The number of aliphatic hydroxyl groups is 1. The van der Waals surface area contributed by atoms with Gasteiger partial charge in [-0.3, -0.25) is 14.4 Å². The molecule has 3 rings (SSSR count). The standard InChI is InChI=1S/C25H40N2O6/c1-4-7-15-26(14-5-2)23(30)21-25-13-12-18(33-25)19(24(31)32-6-3)20(25)22(29)27(21)16-10-8-9-11-17-28/h5,18-21,28H,2,4,6-17H2,1,3H3/t18-,19+,20+,21?,25?/m1/s1. The van der Waals surface area contributed by atoms with E-state index in [0.29, 0.717) is 32.5 Å². The summed E-state index contributed by atoms with van der Waals surface area (Å²) in [5.74, 6) is -1.99. The van der Waals surface area contributed by atoms with Crippen molar-refractivity contribution in [2.24, 2.45) is 11.8 Å². The molecule has 8 heteroatoms. The minimum absolute atomic E-state index is 0.111. The number of aliphatic hydroxyl groups excluding tert-OH is 1. The van der Waals surface area contributed by atoms with Gasteiger partial charge in [-0.1, -0.05) is 32.3 Å². The zero-order valence-electron chi connectivity index (χ0n) is 20.2. The first-order chi connectivity index (χ1) is 16.0. The van der Waals surface area contributed by atoms with Crippen LogP contribution < -0.4 is 0 Å². The highest BCUT2D eigenvalue weighted by molar-refractivity contribution is 5.98. The fourth-order valence-corrected chi connectivity index (χ4v) is 5.90. The smallest absolute Gasteiger partial charge is 0.312 e. The van der Waals surface area contributed by atoms with E-state index < -0.39 is 29.4 Å². The van der Waals surface area contributed by atoms with Gasteiger partial charge in [-0.15, -0.1) is 6.58 Å². The minimum atomic E-state index is -0.965. The van der Waals surface area contributed by atoms with E-state index in [1.807, 2.05) is 0 Å². The average Bonchev–Trinajstić information content (AvgIpc) is 3.44. The van der Waals surface area contributed by atoms with Crippen LogP contribution in [0.4, 0.5) is 0 Å². The molecule has 0 saturated carbocycles. The maximum Gasteiger partial charge on any atom is 0.312 e. The number of carbonyl (C=O) groups excluding carboxylic acids is 3. The second-order valence-corrected chi connectivity index (χ2v) is 9.40. The summed E-state index contributed by atoms with van der Waals surface area (Å²) in [5, 5.41) is 9.04. The molecule has 0 aromatic heterocycles. The highest BCUT2D eigenvalue weighted by atomic mass is 16.6. The normalized spacial score (nSPS) is 29.9. The Bertz CT molecular complexity index is 728. The van der Waals surface area contributed by atoms with E-state index in [9.17, 15) is 14.4 Å². The maximum absolute atomic E-state index is 13.9. The molecule has 5 atom stereocenters. The molecule has 0 aromatic rings. The first-order valence-corrected chi connectivity index (χ1v) is 12.6. The number of unbranched alkanes of at least 4 members (excludes halogenated alkanes) is 4. The topological polar surface area (TPSA) is 96.4 Å². The van der Waals surface area contributed by atoms with Crippen molar-refractivity contribution in [1.29, 1.82) is 0 Å². The Labute approximate surface area is 197 Å². The van der Waals surface area contributed by atoms with Crippen molar-refractivity contribution >= 4 is 17.8 Å². The van der Waals surface area contributed by atoms with Crippen molar-refractivity contribution in [3.8, 4) is 0 Å². The van der Waals surface area contributed by atoms with Gasteiger partial charge in [0, 0.05) is 26.2 Å².